The van der Waals surface area contributed by atoms with E-state index in [4.69, 9.17) is 4.74 Å². The molecule has 7 heteroatoms. The summed E-state index contributed by atoms with van der Waals surface area (Å²) in [5, 5.41) is 3.35. The number of carbonyl (C=O) groups excluding carboxylic acids is 3. The van der Waals surface area contributed by atoms with E-state index in [-0.39, 0.29) is 31.3 Å². The van der Waals surface area contributed by atoms with Crippen molar-refractivity contribution in [3.63, 3.8) is 0 Å². The van der Waals surface area contributed by atoms with E-state index in [0.29, 0.717) is 16.5 Å². The lowest BCUT2D eigenvalue weighted by molar-refractivity contribution is -0.141. The van der Waals surface area contributed by atoms with E-state index in [0.717, 1.165) is 31.2 Å². The van der Waals surface area contributed by atoms with Crippen LogP contribution < -0.4 is 5.32 Å². The standard InChI is InChI=1S/C19H27NO5S/c1-4-6-12-7-8-13-14(11-12)26-18(17(13)19(23)25-5-2)20-15(21)9-10-16(22)24-3/h12H,4-11H2,1-3H3,(H,20,21). The molecule has 0 saturated carbocycles. The van der Waals surface area contributed by atoms with Crippen molar-refractivity contribution in [3.8, 4) is 0 Å². The zero-order chi connectivity index (χ0) is 19.1. The smallest absolute Gasteiger partial charge is 0.341 e. The van der Waals surface area contributed by atoms with Gasteiger partial charge in [0.15, 0.2) is 0 Å². The number of amides is 1. The molecule has 0 fully saturated rings. The summed E-state index contributed by atoms with van der Waals surface area (Å²) in [7, 11) is 1.29. The third-order valence-corrected chi connectivity index (χ3v) is 5.75. The average molecular weight is 381 g/mol. The van der Waals surface area contributed by atoms with Crippen molar-refractivity contribution in [3.05, 3.63) is 16.0 Å². The average Bonchev–Trinajstić information content (AvgIpc) is 2.97. The van der Waals surface area contributed by atoms with Crippen molar-refractivity contribution in [1.82, 2.24) is 0 Å². The van der Waals surface area contributed by atoms with Crippen LogP contribution in [0.4, 0.5) is 5.00 Å². The maximum Gasteiger partial charge on any atom is 0.341 e. The number of hydrogen-bond acceptors (Lipinski definition) is 6. The molecule has 0 bridgehead atoms. The van der Waals surface area contributed by atoms with Gasteiger partial charge in [0.1, 0.15) is 5.00 Å². The number of anilines is 1. The molecule has 1 N–H and O–H groups in total. The molecule has 1 aliphatic carbocycles. The topological polar surface area (TPSA) is 81.7 Å². The number of carbonyl (C=O) groups is 3. The Kier molecular flexibility index (Phi) is 7.63. The van der Waals surface area contributed by atoms with Gasteiger partial charge in [-0.3, -0.25) is 9.59 Å². The number of methoxy groups -OCH3 is 1. The van der Waals surface area contributed by atoms with Crippen LogP contribution in [0.3, 0.4) is 0 Å². The minimum Gasteiger partial charge on any atom is -0.469 e. The first-order valence-electron chi connectivity index (χ1n) is 9.18. The monoisotopic (exact) mass is 381 g/mol. The highest BCUT2D eigenvalue weighted by Gasteiger charge is 2.30. The van der Waals surface area contributed by atoms with Gasteiger partial charge in [0, 0.05) is 11.3 Å². The number of nitrogens with one attached hydrogen (secondary N) is 1. The fraction of sp³-hybridized carbons (Fsp3) is 0.632. The first kappa shape index (κ1) is 20.4. The zero-order valence-corrected chi connectivity index (χ0v) is 16.5. The summed E-state index contributed by atoms with van der Waals surface area (Å²) in [6.45, 7) is 4.24. The lowest BCUT2D eigenvalue weighted by Gasteiger charge is -2.21. The number of rotatable bonds is 8. The second-order valence-electron chi connectivity index (χ2n) is 6.45. The molecular formula is C19H27NO5S. The van der Waals surface area contributed by atoms with Gasteiger partial charge in [0.2, 0.25) is 5.91 Å². The summed E-state index contributed by atoms with van der Waals surface area (Å²) >= 11 is 1.47. The molecule has 1 aromatic rings. The van der Waals surface area contributed by atoms with Crippen LogP contribution in [0.15, 0.2) is 0 Å². The highest BCUT2D eigenvalue weighted by atomic mass is 32.1. The van der Waals surface area contributed by atoms with Gasteiger partial charge in [0.05, 0.1) is 25.7 Å². The predicted molar refractivity (Wildman–Crippen MR) is 101 cm³/mol. The van der Waals surface area contributed by atoms with Gasteiger partial charge in [-0.25, -0.2) is 4.79 Å². The Hall–Kier alpha value is -1.89. The molecule has 26 heavy (non-hydrogen) atoms. The summed E-state index contributed by atoms with van der Waals surface area (Å²) in [6.07, 6.45) is 5.19. The molecule has 0 spiro atoms. The van der Waals surface area contributed by atoms with Crippen LogP contribution in [0.25, 0.3) is 0 Å². The van der Waals surface area contributed by atoms with E-state index in [9.17, 15) is 14.4 Å². The van der Waals surface area contributed by atoms with E-state index in [1.54, 1.807) is 6.92 Å². The summed E-state index contributed by atoms with van der Waals surface area (Å²) in [6, 6.07) is 0. The number of ether oxygens (including phenoxy) is 2. The van der Waals surface area contributed by atoms with Gasteiger partial charge in [-0.2, -0.15) is 0 Å². The number of fused-ring (bicyclic) bond motifs is 1. The molecule has 144 valence electrons. The van der Waals surface area contributed by atoms with Crippen LogP contribution >= 0.6 is 11.3 Å². The van der Waals surface area contributed by atoms with E-state index < -0.39 is 5.97 Å². The molecule has 0 saturated heterocycles. The molecule has 0 aliphatic heterocycles. The largest absolute Gasteiger partial charge is 0.469 e. The van der Waals surface area contributed by atoms with Crippen LogP contribution in [0.1, 0.15) is 66.8 Å². The van der Waals surface area contributed by atoms with Gasteiger partial charge in [0.25, 0.3) is 0 Å². The third-order valence-electron chi connectivity index (χ3n) is 4.58. The van der Waals surface area contributed by atoms with Gasteiger partial charge < -0.3 is 14.8 Å². The Morgan fingerprint density at radius 2 is 2.00 bits per heavy atom. The Morgan fingerprint density at radius 1 is 1.23 bits per heavy atom. The minimum absolute atomic E-state index is 0.0146. The van der Waals surface area contributed by atoms with Crippen molar-refractivity contribution in [1.29, 1.82) is 0 Å². The number of esters is 2. The molecule has 0 aromatic carbocycles. The molecule has 1 heterocycles. The van der Waals surface area contributed by atoms with Crippen LogP contribution in [-0.2, 0) is 31.9 Å². The summed E-state index contributed by atoms with van der Waals surface area (Å²) < 4.78 is 9.76. The van der Waals surface area contributed by atoms with Crippen LogP contribution in [0, 0.1) is 5.92 Å². The highest BCUT2D eigenvalue weighted by Crippen LogP contribution is 2.41. The SMILES string of the molecule is CCCC1CCc2c(sc(NC(=O)CCC(=O)OC)c2C(=O)OCC)C1. The lowest BCUT2D eigenvalue weighted by Crippen LogP contribution is -2.18. The second kappa shape index (κ2) is 9.71. The third kappa shape index (κ3) is 5.06. The van der Waals surface area contributed by atoms with Gasteiger partial charge >= 0.3 is 11.9 Å². The molecule has 1 unspecified atom stereocenters. The Labute approximate surface area is 158 Å². The summed E-state index contributed by atoms with van der Waals surface area (Å²) in [5.41, 5.74) is 1.51. The molecule has 2 rings (SSSR count). The van der Waals surface area contributed by atoms with E-state index in [2.05, 4.69) is 17.0 Å². The van der Waals surface area contributed by atoms with Crippen molar-refractivity contribution in [2.45, 2.75) is 58.8 Å². The van der Waals surface area contributed by atoms with E-state index >= 15 is 0 Å². The molecule has 1 atom stereocenters. The van der Waals surface area contributed by atoms with Gasteiger partial charge in [-0.1, -0.05) is 19.8 Å². The van der Waals surface area contributed by atoms with E-state index in [1.165, 1.54) is 29.7 Å². The molecule has 6 nitrogen and oxygen atoms in total. The zero-order valence-electron chi connectivity index (χ0n) is 15.7. The number of thiophene rings is 1. The highest BCUT2D eigenvalue weighted by molar-refractivity contribution is 7.17. The normalized spacial score (nSPS) is 15.9. The minimum atomic E-state index is -0.432. The van der Waals surface area contributed by atoms with Crippen LogP contribution in [0.2, 0.25) is 0 Å². The van der Waals surface area contributed by atoms with Crippen molar-refractivity contribution in [2.75, 3.05) is 19.0 Å². The fourth-order valence-electron chi connectivity index (χ4n) is 3.32. The van der Waals surface area contributed by atoms with Crippen molar-refractivity contribution < 1.29 is 23.9 Å². The van der Waals surface area contributed by atoms with Gasteiger partial charge in [-0.15, -0.1) is 11.3 Å². The van der Waals surface area contributed by atoms with Crippen molar-refractivity contribution in [2.24, 2.45) is 5.92 Å². The molecule has 1 aromatic heterocycles. The van der Waals surface area contributed by atoms with Crippen molar-refractivity contribution >= 4 is 34.2 Å². The maximum absolute atomic E-state index is 12.5. The Balaban J connectivity index is 2.20. The summed E-state index contributed by atoms with van der Waals surface area (Å²) in [4.78, 5) is 37.0. The maximum atomic E-state index is 12.5. The quantitative estimate of drug-likeness (QED) is 0.694. The molecule has 1 amide bonds. The fourth-order valence-corrected chi connectivity index (χ4v) is 4.69. The second-order valence-corrected chi connectivity index (χ2v) is 7.56. The molecular weight excluding hydrogens is 354 g/mol. The van der Waals surface area contributed by atoms with Crippen LogP contribution in [-0.4, -0.2) is 31.6 Å². The lowest BCUT2D eigenvalue weighted by atomic mass is 9.84. The molecule has 0 radical (unpaired) electrons. The Bertz CT molecular complexity index is 667. The van der Waals surface area contributed by atoms with Crippen LogP contribution in [0.5, 0.6) is 0 Å². The molecule has 1 aliphatic rings. The summed E-state index contributed by atoms with van der Waals surface area (Å²) in [5.74, 6) is -0.491. The first-order valence-corrected chi connectivity index (χ1v) is 10.00. The number of hydrogen-bond donors (Lipinski definition) is 1. The van der Waals surface area contributed by atoms with Gasteiger partial charge in [-0.05, 0) is 37.7 Å². The van der Waals surface area contributed by atoms with E-state index in [1.807, 2.05) is 0 Å². The predicted octanol–water partition coefficient (Wildman–Crippen LogP) is 3.72. The first-order chi connectivity index (χ1) is 12.5. The Morgan fingerprint density at radius 3 is 2.65 bits per heavy atom.